The molecule has 21 heavy (non-hydrogen) atoms. The maximum atomic E-state index is 12.3. The fraction of sp³-hybridized carbons (Fsp3) is 0.917. The summed E-state index contributed by atoms with van der Waals surface area (Å²) in [7, 11) is 0. The summed E-state index contributed by atoms with van der Waals surface area (Å²) in [6.07, 6.45) is 3.05. The highest BCUT2D eigenvalue weighted by atomic mass is 32.2. The average molecular weight is 324 g/mol. The summed E-state index contributed by atoms with van der Waals surface area (Å²) >= 11 is 1.19. The summed E-state index contributed by atoms with van der Waals surface area (Å²) in [6, 6.07) is 0. The SMILES string of the molecule is FC(F)(F)Cn1nnnc1SCCOC1CCCCCC1. The number of rotatable bonds is 6. The Hall–Kier alpha value is -0.830. The first-order chi connectivity index (χ1) is 10.0. The predicted octanol–water partition coefficient (Wildman–Crippen LogP) is 3.07. The average Bonchev–Trinajstić information content (AvgIpc) is 2.68. The standard InChI is InChI=1S/C12H19F3N4OS/c13-12(14,15)9-19-11(16-17-18-19)21-8-7-20-10-5-3-1-2-4-6-10/h10H,1-9H2. The summed E-state index contributed by atoms with van der Waals surface area (Å²) < 4.78 is 43.5. The molecule has 5 nitrogen and oxygen atoms in total. The van der Waals surface area contributed by atoms with Crippen LogP contribution in [0, 0.1) is 0 Å². The second-order valence-corrected chi connectivity index (χ2v) is 6.13. The van der Waals surface area contributed by atoms with Gasteiger partial charge in [-0.25, -0.2) is 4.68 Å². The molecular weight excluding hydrogens is 305 g/mol. The van der Waals surface area contributed by atoms with Gasteiger partial charge in [0, 0.05) is 5.75 Å². The van der Waals surface area contributed by atoms with E-state index in [0.717, 1.165) is 17.5 Å². The molecule has 0 amide bonds. The van der Waals surface area contributed by atoms with Gasteiger partial charge in [-0.15, -0.1) is 5.10 Å². The van der Waals surface area contributed by atoms with Crippen LogP contribution in [0.2, 0.25) is 0 Å². The second-order valence-electron chi connectivity index (χ2n) is 5.07. The number of alkyl halides is 3. The Labute approximate surface area is 125 Å². The largest absolute Gasteiger partial charge is 0.408 e. The molecule has 1 aromatic rings. The zero-order chi connectivity index (χ0) is 15.1. The molecule has 0 radical (unpaired) electrons. The van der Waals surface area contributed by atoms with Crippen LogP contribution in [0.1, 0.15) is 38.5 Å². The molecule has 1 fully saturated rings. The number of ether oxygens (including phenoxy) is 1. The van der Waals surface area contributed by atoms with E-state index in [2.05, 4.69) is 15.5 Å². The minimum absolute atomic E-state index is 0.178. The summed E-state index contributed by atoms with van der Waals surface area (Å²) in [4.78, 5) is 0. The zero-order valence-corrected chi connectivity index (χ0v) is 12.5. The van der Waals surface area contributed by atoms with Gasteiger partial charge < -0.3 is 4.74 Å². The van der Waals surface area contributed by atoms with Gasteiger partial charge in [-0.2, -0.15) is 13.2 Å². The van der Waals surface area contributed by atoms with E-state index in [0.29, 0.717) is 18.5 Å². The first-order valence-electron chi connectivity index (χ1n) is 7.12. The molecule has 0 bridgehead atoms. The molecule has 0 spiro atoms. The van der Waals surface area contributed by atoms with Crippen molar-refractivity contribution in [2.24, 2.45) is 0 Å². The minimum Gasteiger partial charge on any atom is -0.377 e. The smallest absolute Gasteiger partial charge is 0.377 e. The summed E-state index contributed by atoms with van der Waals surface area (Å²) in [5.74, 6) is 0.550. The molecule has 120 valence electrons. The van der Waals surface area contributed by atoms with Crippen LogP contribution in [0.4, 0.5) is 13.2 Å². The van der Waals surface area contributed by atoms with Crippen molar-refractivity contribution in [1.82, 2.24) is 20.2 Å². The molecule has 0 N–H and O–H groups in total. The Morgan fingerprint density at radius 3 is 2.57 bits per heavy atom. The Kier molecular flexibility index (Phi) is 6.28. The van der Waals surface area contributed by atoms with E-state index >= 15 is 0 Å². The van der Waals surface area contributed by atoms with Crippen LogP contribution in [0.5, 0.6) is 0 Å². The third-order valence-corrected chi connectivity index (χ3v) is 4.22. The van der Waals surface area contributed by atoms with Gasteiger partial charge in [0.15, 0.2) is 0 Å². The van der Waals surface area contributed by atoms with E-state index in [9.17, 15) is 13.2 Å². The molecule has 1 aliphatic carbocycles. The minimum atomic E-state index is -4.32. The van der Waals surface area contributed by atoms with Crippen molar-refractivity contribution in [1.29, 1.82) is 0 Å². The molecule has 1 aliphatic rings. The number of hydrogen-bond acceptors (Lipinski definition) is 5. The van der Waals surface area contributed by atoms with Crippen LogP contribution in [0.3, 0.4) is 0 Å². The Morgan fingerprint density at radius 1 is 1.19 bits per heavy atom. The first-order valence-corrected chi connectivity index (χ1v) is 8.10. The lowest BCUT2D eigenvalue weighted by Gasteiger charge is -2.14. The fourth-order valence-corrected chi connectivity index (χ4v) is 3.03. The van der Waals surface area contributed by atoms with Crippen molar-refractivity contribution in [2.75, 3.05) is 12.4 Å². The van der Waals surface area contributed by atoms with Crippen LogP contribution >= 0.6 is 11.8 Å². The number of halogens is 3. The summed E-state index contributed by atoms with van der Waals surface area (Å²) in [6.45, 7) is -0.653. The van der Waals surface area contributed by atoms with Crippen LogP contribution in [-0.4, -0.2) is 44.8 Å². The predicted molar refractivity (Wildman–Crippen MR) is 72.0 cm³/mol. The molecule has 9 heteroatoms. The van der Waals surface area contributed by atoms with Crippen molar-refractivity contribution < 1.29 is 17.9 Å². The Balaban J connectivity index is 1.70. The van der Waals surface area contributed by atoms with Gasteiger partial charge in [0.25, 0.3) is 0 Å². The van der Waals surface area contributed by atoms with Crippen LogP contribution in [0.25, 0.3) is 0 Å². The molecule has 2 rings (SSSR count). The van der Waals surface area contributed by atoms with Crippen LogP contribution in [-0.2, 0) is 11.3 Å². The van der Waals surface area contributed by atoms with Gasteiger partial charge in [-0.05, 0) is 23.3 Å². The number of tetrazole rings is 1. The monoisotopic (exact) mass is 324 g/mol. The van der Waals surface area contributed by atoms with Crippen LogP contribution < -0.4 is 0 Å². The molecule has 0 aliphatic heterocycles. The third-order valence-electron chi connectivity index (χ3n) is 3.30. The lowest BCUT2D eigenvalue weighted by molar-refractivity contribution is -0.144. The number of nitrogens with zero attached hydrogens (tertiary/aromatic N) is 4. The highest BCUT2D eigenvalue weighted by molar-refractivity contribution is 7.99. The van der Waals surface area contributed by atoms with Gasteiger partial charge in [0.2, 0.25) is 5.16 Å². The lowest BCUT2D eigenvalue weighted by atomic mass is 10.1. The highest BCUT2D eigenvalue weighted by Gasteiger charge is 2.30. The molecule has 0 atom stereocenters. The van der Waals surface area contributed by atoms with Crippen LogP contribution in [0.15, 0.2) is 5.16 Å². The Morgan fingerprint density at radius 2 is 1.90 bits per heavy atom. The topological polar surface area (TPSA) is 52.8 Å². The van der Waals surface area contributed by atoms with E-state index in [4.69, 9.17) is 4.74 Å². The van der Waals surface area contributed by atoms with Gasteiger partial charge in [-0.3, -0.25) is 0 Å². The number of hydrogen-bond donors (Lipinski definition) is 0. The van der Waals surface area contributed by atoms with E-state index in [1.165, 1.54) is 37.4 Å². The quantitative estimate of drug-likeness (QED) is 0.457. The number of thioether (sulfide) groups is 1. The van der Waals surface area contributed by atoms with Gasteiger partial charge >= 0.3 is 6.18 Å². The molecule has 0 unspecified atom stereocenters. The normalized spacial score (nSPS) is 17.9. The van der Waals surface area contributed by atoms with Crippen molar-refractivity contribution in [3.63, 3.8) is 0 Å². The maximum absolute atomic E-state index is 12.3. The van der Waals surface area contributed by atoms with E-state index in [1.807, 2.05) is 0 Å². The molecule has 1 saturated carbocycles. The first kappa shape index (κ1) is 16.5. The van der Waals surface area contributed by atoms with Crippen molar-refractivity contribution in [3.8, 4) is 0 Å². The van der Waals surface area contributed by atoms with Gasteiger partial charge in [0.05, 0.1) is 12.7 Å². The fourth-order valence-electron chi connectivity index (χ4n) is 2.33. The van der Waals surface area contributed by atoms with Gasteiger partial charge in [0.1, 0.15) is 6.54 Å². The zero-order valence-electron chi connectivity index (χ0n) is 11.7. The van der Waals surface area contributed by atoms with Gasteiger partial charge in [-0.1, -0.05) is 37.4 Å². The van der Waals surface area contributed by atoms with Crippen molar-refractivity contribution in [3.05, 3.63) is 0 Å². The third kappa shape index (κ3) is 6.21. The molecular formula is C12H19F3N4OS. The summed E-state index contributed by atoms with van der Waals surface area (Å²) in [5.41, 5.74) is 0. The molecule has 0 aromatic carbocycles. The maximum Gasteiger partial charge on any atom is 0.408 e. The highest BCUT2D eigenvalue weighted by Crippen LogP contribution is 2.22. The Bertz CT molecular complexity index is 419. The molecule has 1 aromatic heterocycles. The van der Waals surface area contributed by atoms with Crippen molar-refractivity contribution in [2.45, 2.75) is 62.5 Å². The van der Waals surface area contributed by atoms with Crippen molar-refractivity contribution >= 4 is 11.8 Å². The van der Waals surface area contributed by atoms with E-state index in [-0.39, 0.29) is 5.16 Å². The molecule has 1 heterocycles. The second kappa shape index (κ2) is 7.98. The number of aromatic nitrogens is 4. The van der Waals surface area contributed by atoms with E-state index < -0.39 is 12.7 Å². The molecule has 0 saturated heterocycles. The lowest BCUT2D eigenvalue weighted by Crippen LogP contribution is -2.19. The summed E-state index contributed by atoms with van der Waals surface area (Å²) in [5, 5.41) is 10.4. The van der Waals surface area contributed by atoms with E-state index in [1.54, 1.807) is 0 Å².